The van der Waals surface area contributed by atoms with Gasteiger partial charge in [0, 0.05) is 11.6 Å². The van der Waals surface area contributed by atoms with Gasteiger partial charge in [0.05, 0.1) is 10.7 Å². The van der Waals surface area contributed by atoms with E-state index in [4.69, 9.17) is 17.3 Å². The van der Waals surface area contributed by atoms with Crippen molar-refractivity contribution >= 4 is 43.8 Å². The molecule has 2 aromatic carbocycles. The quantitative estimate of drug-likeness (QED) is 0.514. The summed E-state index contributed by atoms with van der Waals surface area (Å²) in [5.74, 6) is -1.44. The average Bonchev–Trinajstić information content (AvgIpc) is 3.10. The largest absolute Gasteiger partial charge is 0.365 e. The summed E-state index contributed by atoms with van der Waals surface area (Å²) in [7, 11) is -4.20. The van der Waals surface area contributed by atoms with E-state index in [0.717, 1.165) is 23.5 Å². The van der Waals surface area contributed by atoms with Gasteiger partial charge in [0.15, 0.2) is 5.13 Å². The molecular formula is C16H13ClF2N4O2S2. The van der Waals surface area contributed by atoms with Crippen LogP contribution in [0.25, 0.3) is 0 Å². The summed E-state index contributed by atoms with van der Waals surface area (Å²) < 4.78 is 54.3. The van der Waals surface area contributed by atoms with E-state index >= 15 is 0 Å². The maximum Gasteiger partial charge on any atom is 0.266 e. The van der Waals surface area contributed by atoms with Crippen molar-refractivity contribution in [1.82, 2.24) is 4.98 Å². The van der Waals surface area contributed by atoms with Gasteiger partial charge in [-0.25, -0.2) is 22.2 Å². The van der Waals surface area contributed by atoms with E-state index in [-0.39, 0.29) is 15.8 Å². The molecule has 0 aliphatic rings. The second kappa shape index (κ2) is 7.77. The first-order chi connectivity index (χ1) is 12.8. The Morgan fingerprint density at radius 3 is 2.52 bits per heavy atom. The number of hydrogen-bond acceptors (Lipinski definition) is 6. The highest BCUT2D eigenvalue weighted by Gasteiger charge is 2.23. The van der Waals surface area contributed by atoms with Crippen molar-refractivity contribution in [1.29, 1.82) is 0 Å². The SMILES string of the molecule is N[C@H](Nc1cc(F)c(S(=O)(=O)Nc2nccs2)cc1Cl)c1ccc(F)cc1. The van der Waals surface area contributed by atoms with Crippen LogP contribution in [0.15, 0.2) is 52.9 Å². The Balaban J connectivity index is 1.85. The van der Waals surface area contributed by atoms with Crippen LogP contribution in [0, 0.1) is 11.6 Å². The Kier molecular flexibility index (Phi) is 5.61. The standard InChI is InChI=1S/C16H13ClF2N4O2S2/c17-11-7-14(27(24,25)23-16-21-5-6-26-16)12(19)8-13(11)22-15(20)9-1-3-10(18)4-2-9/h1-8,15,22H,20H2,(H,21,23)/t15-/m1/s1. The Morgan fingerprint density at radius 2 is 1.89 bits per heavy atom. The molecule has 0 bridgehead atoms. The van der Waals surface area contributed by atoms with Crippen LogP contribution in [0.4, 0.5) is 19.6 Å². The van der Waals surface area contributed by atoms with E-state index in [1.54, 1.807) is 5.38 Å². The normalized spacial score (nSPS) is 12.6. The van der Waals surface area contributed by atoms with Crippen molar-refractivity contribution in [3.8, 4) is 0 Å². The number of anilines is 2. The van der Waals surface area contributed by atoms with Gasteiger partial charge in [-0.2, -0.15) is 0 Å². The highest BCUT2D eigenvalue weighted by Crippen LogP contribution is 2.31. The van der Waals surface area contributed by atoms with E-state index in [9.17, 15) is 17.2 Å². The first-order valence-corrected chi connectivity index (χ1v) is 10.2. The number of hydrogen-bond donors (Lipinski definition) is 3. The summed E-state index contributed by atoms with van der Waals surface area (Å²) in [5.41, 5.74) is 6.59. The maximum atomic E-state index is 14.4. The van der Waals surface area contributed by atoms with Gasteiger partial charge in [0.25, 0.3) is 10.0 Å². The summed E-state index contributed by atoms with van der Waals surface area (Å²) in [5, 5.41) is 4.40. The number of sulfonamides is 1. The van der Waals surface area contributed by atoms with Gasteiger partial charge in [0.1, 0.15) is 22.7 Å². The summed E-state index contributed by atoms with van der Waals surface area (Å²) in [4.78, 5) is 3.17. The Labute approximate surface area is 163 Å². The van der Waals surface area contributed by atoms with Crippen LogP contribution in [-0.2, 0) is 10.0 Å². The fourth-order valence-corrected chi connectivity index (χ4v) is 4.37. The third kappa shape index (κ3) is 4.53. The smallest absolute Gasteiger partial charge is 0.266 e. The topological polar surface area (TPSA) is 97.1 Å². The third-order valence-electron chi connectivity index (χ3n) is 3.51. The summed E-state index contributed by atoms with van der Waals surface area (Å²) in [6.45, 7) is 0. The number of nitrogens with zero attached hydrogens (tertiary/aromatic N) is 1. The van der Waals surface area contributed by atoms with Gasteiger partial charge in [0.2, 0.25) is 0 Å². The molecule has 1 heterocycles. The second-order valence-corrected chi connectivity index (χ2v) is 8.33. The summed E-state index contributed by atoms with van der Waals surface area (Å²) >= 11 is 7.15. The molecule has 142 valence electrons. The number of nitrogens with one attached hydrogen (secondary N) is 2. The van der Waals surface area contributed by atoms with Crippen molar-refractivity contribution in [2.24, 2.45) is 5.73 Å². The van der Waals surface area contributed by atoms with Crippen LogP contribution in [0.5, 0.6) is 0 Å². The molecule has 3 aromatic rings. The number of nitrogens with two attached hydrogens (primary N) is 1. The van der Waals surface area contributed by atoms with Crippen molar-refractivity contribution in [3.63, 3.8) is 0 Å². The zero-order valence-electron chi connectivity index (χ0n) is 13.5. The molecule has 0 aliphatic carbocycles. The van der Waals surface area contributed by atoms with E-state index in [0.29, 0.717) is 5.56 Å². The minimum Gasteiger partial charge on any atom is -0.365 e. The molecule has 0 radical (unpaired) electrons. The lowest BCUT2D eigenvalue weighted by Crippen LogP contribution is -2.21. The molecule has 0 spiro atoms. The number of aromatic nitrogens is 1. The average molecular weight is 431 g/mol. The summed E-state index contributed by atoms with van der Waals surface area (Å²) in [6.07, 6.45) is 0.605. The molecule has 0 fully saturated rings. The number of rotatable bonds is 6. The fourth-order valence-electron chi connectivity index (χ4n) is 2.21. The van der Waals surface area contributed by atoms with Crippen molar-refractivity contribution in [2.45, 2.75) is 11.1 Å². The third-order valence-corrected chi connectivity index (χ3v) is 5.99. The van der Waals surface area contributed by atoms with Gasteiger partial charge in [-0.1, -0.05) is 23.7 Å². The molecule has 0 saturated heterocycles. The number of benzene rings is 2. The highest BCUT2D eigenvalue weighted by molar-refractivity contribution is 7.93. The van der Waals surface area contributed by atoms with Gasteiger partial charge >= 0.3 is 0 Å². The molecule has 1 aromatic heterocycles. The Hall–Kier alpha value is -2.27. The maximum absolute atomic E-state index is 14.4. The van der Waals surface area contributed by atoms with Crippen LogP contribution in [-0.4, -0.2) is 13.4 Å². The van der Waals surface area contributed by atoms with Crippen LogP contribution in [0.1, 0.15) is 11.7 Å². The van der Waals surface area contributed by atoms with E-state index in [2.05, 4.69) is 15.0 Å². The predicted octanol–water partition coefficient (Wildman–Crippen LogP) is 3.94. The van der Waals surface area contributed by atoms with E-state index in [1.807, 2.05) is 0 Å². The van der Waals surface area contributed by atoms with Crippen LogP contribution >= 0.6 is 22.9 Å². The fraction of sp³-hybridized carbons (Fsp3) is 0.0625. The van der Waals surface area contributed by atoms with E-state index in [1.165, 1.54) is 30.5 Å². The predicted molar refractivity (Wildman–Crippen MR) is 101 cm³/mol. The first kappa shape index (κ1) is 19.5. The molecule has 6 nitrogen and oxygen atoms in total. The first-order valence-electron chi connectivity index (χ1n) is 7.45. The monoisotopic (exact) mass is 430 g/mol. The second-order valence-electron chi connectivity index (χ2n) is 5.38. The molecule has 1 atom stereocenters. The van der Waals surface area contributed by atoms with Crippen LogP contribution in [0.2, 0.25) is 5.02 Å². The Morgan fingerprint density at radius 1 is 1.19 bits per heavy atom. The zero-order valence-corrected chi connectivity index (χ0v) is 15.9. The van der Waals surface area contributed by atoms with Gasteiger partial charge in [-0.3, -0.25) is 4.72 Å². The molecular weight excluding hydrogens is 418 g/mol. The minimum absolute atomic E-state index is 0.0477. The van der Waals surface area contributed by atoms with Gasteiger partial charge < -0.3 is 11.1 Å². The van der Waals surface area contributed by atoms with Crippen molar-refractivity contribution in [2.75, 3.05) is 10.0 Å². The van der Waals surface area contributed by atoms with E-state index < -0.39 is 32.7 Å². The van der Waals surface area contributed by atoms with Gasteiger partial charge in [-0.05, 0) is 29.8 Å². The summed E-state index contributed by atoms with van der Waals surface area (Å²) in [6, 6.07) is 7.31. The van der Waals surface area contributed by atoms with Crippen LogP contribution in [0.3, 0.4) is 0 Å². The van der Waals surface area contributed by atoms with Crippen molar-refractivity contribution in [3.05, 3.63) is 70.2 Å². The molecule has 0 amide bonds. The van der Waals surface area contributed by atoms with Crippen molar-refractivity contribution < 1.29 is 17.2 Å². The number of thiazole rings is 1. The van der Waals surface area contributed by atoms with Gasteiger partial charge in [-0.15, -0.1) is 11.3 Å². The lowest BCUT2D eigenvalue weighted by molar-refractivity contribution is 0.570. The Bertz CT molecular complexity index is 1050. The lowest BCUT2D eigenvalue weighted by atomic mass is 10.1. The molecule has 3 rings (SSSR count). The highest BCUT2D eigenvalue weighted by atomic mass is 35.5. The number of halogens is 3. The molecule has 0 unspecified atom stereocenters. The molecule has 27 heavy (non-hydrogen) atoms. The lowest BCUT2D eigenvalue weighted by Gasteiger charge is -2.17. The molecule has 0 aliphatic heterocycles. The minimum atomic E-state index is -4.20. The molecule has 4 N–H and O–H groups in total. The molecule has 0 saturated carbocycles. The zero-order chi connectivity index (χ0) is 19.6. The van der Waals surface area contributed by atoms with Crippen LogP contribution < -0.4 is 15.8 Å². The molecule has 11 heteroatoms.